The molecule has 0 bridgehead atoms. The zero-order valence-electron chi connectivity index (χ0n) is 44.3. The number of ether oxygens (including phenoxy) is 1. The molecule has 0 spiro atoms. The van der Waals surface area contributed by atoms with Crippen molar-refractivity contribution in [3.8, 4) is 0 Å². The Morgan fingerprint density at radius 3 is 1.24 bits per heavy atom. The Balaban J connectivity index is 4.51. The molecule has 0 rings (SSSR count). The van der Waals surface area contributed by atoms with Crippen LogP contribution in [0.15, 0.2) is 36.5 Å². The van der Waals surface area contributed by atoms with Crippen molar-refractivity contribution in [3.63, 3.8) is 0 Å². The van der Waals surface area contributed by atoms with E-state index in [-0.39, 0.29) is 24.9 Å². The number of amides is 1. The molecule has 0 aliphatic heterocycles. The molecule has 0 saturated heterocycles. The second kappa shape index (κ2) is 54.0. The third kappa shape index (κ3) is 48.5. The topological polar surface area (TPSA) is 95.9 Å². The van der Waals surface area contributed by atoms with Gasteiger partial charge in [-0.25, -0.2) is 0 Å². The highest BCUT2D eigenvalue weighted by atomic mass is 16.5. The van der Waals surface area contributed by atoms with E-state index in [1.165, 1.54) is 180 Å². The second-order valence-corrected chi connectivity index (χ2v) is 20.0. The van der Waals surface area contributed by atoms with Crippen LogP contribution in [0, 0.1) is 0 Å². The maximum Gasteiger partial charge on any atom is 0.306 e. The summed E-state index contributed by atoms with van der Waals surface area (Å²) >= 11 is 0. The van der Waals surface area contributed by atoms with E-state index in [1.807, 2.05) is 0 Å². The molecular formula is C60H113NO5. The third-order valence-corrected chi connectivity index (χ3v) is 13.5. The lowest BCUT2D eigenvalue weighted by atomic mass is 10.0. The van der Waals surface area contributed by atoms with Gasteiger partial charge in [-0.05, 0) is 57.8 Å². The van der Waals surface area contributed by atoms with E-state index in [2.05, 4.69) is 62.5 Å². The zero-order chi connectivity index (χ0) is 48.1. The van der Waals surface area contributed by atoms with Crippen molar-refractivity contribution >= 4 is 11.9 Å². The minimum Gasteiger partial charge on any atom is -0.462 e. The van der Waals surface area contributed by atoms with Crippen molar-refractivity contribution in [2.45, 2.75) is 328 Å². The smallest absolute Gasteiger partial charge is 0.306 e. The maximum atomic E-state index is 13.3. The Labute approximate surface area is 411 Å². The highest BCUT2D eigenvalue weighted by Crippen LogP contribution is 2.19. The summed E-state index contributed by atoms with van der Waals surface area (Å²) in [5.74, 6) is -0.479. The number of nitrogens with one attached hydrogen (secondary N) is 1. The summed E-state index contributed by atoms with van der Waals surface area (Å²) in [5, 5.41) is 23.9. The predicted molar refractivity (Wildman–Crippen MR) is 287 cm³/mol. The summed E-state index contributed by atoms with van der Waals surface area (Å²) in [7, 11) is 0. The lowest BCUT2D eigenvalue weighted by Crippen LogP contribution is -2.46. The summed E-state index contributed by atoms with van der Waals surface area (Å²) < 4.78 is 5.95. The van der Waals surface area contributed by atoms with Crippen LogP contribution in [0.25, 0.3) is 0 Å². The molecular weight excluding hydrogens is 815 g/mol. The number of carbonyl (C=O) groups excluding carboxylic acids is 2. The van der Waals surface area contributed by atoms with Crippen molar-refractivity contribution in [2.24, 2.45) is 0 Å². The maximum absolute atomic E-state index is 13.3. The number of hydrogen-bond acceptors (Lipinski definition) is 5. The van der Waals surface area contributed by atoms with Gasteiger partial charge >= 0.3 is 5.97 Å². The van der Waals surface area contributed by atoms with Crippen LogP contribution in [0.3, 0.4) is 0 Å². The van der Waals surface area contributed by atoms with Gasteiger partial charge in [-0.1, -0.05) is 276 Å². The Bertz CT molecular complexity index is 1090. The van der Waals surface area contributed by atoms with Crippen LogP contribution in [0.1, 0.15) is 310 Å². The molecule has 1 amide bonds. The summed E-state index contributed by atoms with van der Waals surface area (Å²) in [5.41, 5.74) is 0. The van der Waals surface area contributed by atoms with Gasteiger partial charge in [-0.15, -0.1) is 0 Å². The SMILES string of the molecule is CC/C=C/C/C=C/C/C=C/CCCCCCC(CC(=O)NC(CO)C(O)CCCCCCCCCCCCCCCCCCC)OC(=O)CCCCCCCCCCCCCCCCCC. The van der Waals surface area contributed by atoms with Crippen molar-refractivity contribution in [1.82, 2.24) is 5.32 Å². The molecule has 0 aliphatic rings. The number of unbranched alkanes of at least 4 members (excludes halogenated alkanes) is 35. The van der Waals surface area contributed by atoms with Crippen molar-refractivity contribution < 1.29 is 24.5 Å². The Morgan fingerprint density at radius 2 is 0.818 bits per heavy atom. The average molecular weight is 929 g/mol. The molecule has 66 heavy (non-hydrogen) atoms. The third-order valence-electron chi connectivity index (χ3n) is 13.5. The van der Waals surface area contributed by atoms with Gasteiger partial charge in [-0.3, -0.25) is 9.59 Å². The lowest BCUT2D eigenvalue weighted by Gasteiger charge is -2.24. The van der Waals surface area contributed by atoms with Gasteiger partial charge < -0.3 is 20.3 Å². The molecule has 0 aromatic carbocycles. The first-order chi connectivity index (χ1) is 32.5. The number of aliphatic hydroxyl groups excluding tert-OH is 2. The molecule has 0 saturated carbocycles. The minimum absolute atomic E-state index is 0.0670. The molecule has 3 unspecified atom stereocenters. The monoisotopic (exact) mass is 928 g/mol. The summed E-state index contributed by atoms with van der Waals surface area (Å²) in [6.45, 7) is 6.41. The number of aliphatic hydroxyl groups is 2. The van der Waals surface area contributed by atoms with Gasteiger partial charge in [0.1, 0.15) is 6.10 Å². The Hall–Kier alpha value is -1.92. The fraction of sp³-hybridized carbons (Fsp3) is 0.867. The second-order valence-electron chi connectivity index (χ2n) is 20.0. The van der Waals surface area contributed by atoms with Crippen LogP contribution in [-0.2, 0) is 14.3 Å². The van der Waals surface area contributed by atoms with E-state index in [0.29, 0.717) is 19.3 Å². The number of carbonyl (C=O) groups is 2. The Kier molecular flexibility index (Phi) is 52.5. The molecule has 3 N–H and O–H groups in total. The Morgan fingerprint density at radius 1 is 0.455 bits per heavy atom. The van der Waals surface area contributed by atoms with E-state index in [4.69, 9.17) is 4.74 Å². The minimum atomic E-state index is -0.792. The molecule has 0 radical (unpaired) electrons. The molecule has 6 heteroatoms. The average Bonchev–Trinajstić information content (AvgIpc) is 3.31. The summed E-state index contributed by atoms with van der Waals surface area (Å²) in [6.07, 6.45) is 65.0. The number of rotatable bonds is 53. The van der Waals surface area contributed by atoms with Crippen LogP contribution in [0.2, 0.25) is 0 Å². The van der Waals surface area contributed by atoms with Crippen LogP contribution in [0.4, 0.5) is 0 Å². The molecule has 0 heterocycles. The largest absolute Gasteiger partial charge is 0.462 e. The molecule has 0 aromatic rings. The van der Waals surface area contributed by atoms with Gasteiger partial charge in [-0.2, -0.15) is 0 Å². The fourth-order valence-electron chi connectivity index (χ4n) is 9.09. The van der Waals surface area contributed by atoms with E-state index in [0.717, 1.165) is 83.5 Å². The zero-order valence-corrected chi connectivity index (χ0v) is 44.3. The first-order valence-electron chi connectivity index (χ1n) is 29.2. The van der Waals surface area contributed by atoms with Gasteiger partial charge in [0.05, 0.1) is 25.2 Å². The van der Waals surface area contributed by atoms with Crippen molar-refractivity contribution in [3.05, 3.63) is 36.5 Å². The molecule has 3 atom stereocenters. The number of allylic oxidation sites excluding steroid dienone is 6. The van der Waals surface area contributed by atoms with E-state index < -0.39 is 18.2 Å². The van der Waals surface area contributed by atoms with Crippen LogP contribution < -0.4 is 5.32 Å². The molecule has 0 fully saturated rings. The predicted octanol–water partition coefficient (Wildman–Crippen LogP) is 18.0. The van der Waals surface area contributed by atoms with E-state index in [1.54, 1.807) is 0 Å². The quantitative estimate of drug-likeness (QED) is 0.0321. The molecule has 6 nitrogen and oxygen atoms in total. The first-order valence-corrected chi connectivity index (χ1v) is 29.2. The van der Waals surface area contributed by atoms with Gasteiger partial charge in [0.15, 0.2) is 0 Å². The first kappa shape index (κ1) is 64.1. The molecule has 0 aliphatic carbocycles. The normalized spacial score (nSPS) is 13.3. The van der Waals surface area contributed by atoms with Gasteiger partial charge in [0, 0.05) is 6.42 Å². The van der Waals surface area contributed by atoms with Gasteiger partial charge in [0.25, 0.3) is 0 Å². The van der Waals surface area contributed by atoms with Crippen LogP contribution in [0.5, 0.6) is 0 Å². The summed E-state index contributed by atoms with van der Waals surface area (Å²) in [4.78, 5) is 26.3. The molecule has 388 valence electrons. The standard InChI is InChI=1S/C60H113NO5/c1-4-7-10-13-16-19-22-25-28-30-31-34-37-40-43-46-49-52-58(63)57(55-62)61-59(64)54-56(51-48-45-42-39-36-33-27-24-21-18-15-12-9-6-3)66-60(65)53-50-47-44-41-38-35-32-29-26-23-20-17-14-11-8-5-2/h9,12,18,21,27,33,56-58,62-63H,4-8,10-11,13-17,19-20,22-26,28-32,34-55H2,1-3H3,(H,61,64)/b12-9+,21-18+,33-27+. The lowest BCUT2D eigenvalue weighted by molar-refractivity contribution is -0.151. The van der Waals surface area contributed by atoms with Crippen molar-refractivity contribution in [1.29, 1.82) is 0 Å². The fourth-order valence-corrected chi connectivity index (χ4v) is 9.09. The molecule has 0 aromatic heterocycles. The van der Waals surface area contributed by atoms with Crippen LogP contribution in [-0.4, -0.2) is 46.9 Å². The van der Waals surface area contributed by atoms with Gasteiger partial charge in [0.2, 0.25) is 5.91 Å². The van der Waals surface area contributed by atoms with Crippen molar-refractivity contribution in [2.75, 3.05) is 6.61 Å². The number of esters is 1. The summed E-state index contributed by atoms with van der Waals surface area (Å²) in [6, 6.07) is -0.707. The highest BCUT2D eigenvalue weighted by molar-refractivity contribution is 5.77. The van der Waals surface area contributed by atoms with E-state index >= 15 is 0 Å². The highest BCUT2D eigenvalue weighted by Gasteiger charge is 2.24. The number of hydrogen-bond donors (Lipinski definition) is 3. The van der Waals surface area contributed by atoms with Crippen LogP contribution >= 0.6 is 0 Å². The van der Waals surface area contributed by atoms with E-state index in [9.17, 15) is 19.8 Å².